The van der Waals surface area contributed by atoms with E-state index in [1.807, 2.05) is 55.5 Å². The summed E-state index contributed by atoms with van der Waals surface area (Å²) in [6.45, 7) is 8.91. The minimum Gasteiger partial charge on any atom is -0.326 e. The van der Waals surface area contributed by atoms with Crippen LogP contribution in [0.1, 0.15) is 38.3 Å². The highest BCUT2D eigenvalue weighted by Gasteiger charge is 2.35. The van der Waals surface area contributed by atoms with Gasteiger partial charge in [-0.1, -0.05) is 50.6 Å². The predicted octanol–water partition coefficient (Wildman–Crippen LogP) is 4.28. The lowest BCUT2D eigenvalue weighted by atomic mass is 9.87. The number of benzene rings is 2. The van der Waals surface area contributed by atoms with Crippen LogP contribution in [0.5, 0.6) is 0 Å². The molecule has 0 aliphatic carbocycles. The number of rotatable bonds is 3. The van der Waals surface area contributed by atoms with Gasteiger partial charge in [0, 0.05) is 24.3 Å². The molecule has 0 radical (unpaired) electrons. The number of hydrogen-bond acceptors (Lipinski definition) is 2. The van der Waals surface area contributed by atoms with E-state index >= 15 is 0 Å². The summed E-state index contributed by atoms with van der Waals surface area (Å²) in [5.41, 5.74) is 4.06. The third-order valence-electron chi connectivity index (χ3n) is 4.86. The van der Waals surface area contributed by atoms with Gasteiger partial charge in [0.1, 0.15) is 0 Å². The topological polar surface area (TPSA) is 49.4 Å². The van der Waals surface area contributed by atoms with E-state index < -0.39 is 0 Å². The number of anilines is 2. The predicted molar refractivity (Wildman–Crippen MR) is 105 cm³/mol. The van der Waals surface area contributed by atoms with Gasteiger partial charge in [-0.3, -0.25) is 9.59 Å². The number of aryl methyl sites for hydroxylation is 1. The smallest absolute Gasteiger partial charge is 0.229 e. The largest absolute Gasteiger partial charge is 0.326 e. The Balaban J connectivity index is 1.65. The number of amides is 2. The summed E-state index contributed by atoms with van der Waals surface area (Å²) >= 11 is 0. The van der Waals surface area contributed by atoms with Gasteiger partial charge in [-0.05, 0) is 42.2 Å². The van der Waals surface area contributed by atoms with Crippen molar-refractivity contribution in [1.82, 2.24) is 0 Å². The standard InChI is InChI=1S/C22H26N2O2/c1-15-5-11-19(12-6-15)24-14-16(13-20(24)25)21(26)23-18-9-7-17(8-10-18)22(2,3)4/h5-12,16H,13-14H2,1-4H3,(H,23,26). The van der Waals surface area contributed by atoms with E-state index in [0.717, 1.165) is 16.9 Å². The van der Waals surface area contributed by atoms with Crippen molar-refractivity contribution in [2.75, 3.05) is 16.8 Å². The first-order valence-corrected chi connectivity index (χ1v) is 9.02. The lowest BCUT2D eigenvalue weighted by molar-refractivity contribution is -0.122. The van der Waals surface area contributed by atoms with E-state index in [0.29, 0.717) is 6.54 Å². The molecular formula is C22H26N2O2. The Labute approximate surface area is 155 Å². The molecule has 1 atom stereocenters. The van der Waals surface area contributed by atoms with Crippen molar-refractivity contribution in [2.45, 2.75) is 39.5 Å². The molecule has 4 heteroatoms. The molecule has 1 saturated heterocycles. The molecule has 136 valence electrons. The van der Waals surface area contributed by atoms with Gasteiger partial charge < -0.3 is 10.2 Å². The molecule has 2 amide bonds. The van der Waals surface area contributed by atoms with Crippen LogP contribution in [-0.4, -0.2) is 18.4 Å². The maximum atomic E-state index is 12.6. The Hall–Kier alpha value is -2.62. The molecule has 2 aromatic rings. The molecule has 1 N–H and O–H groups in total. The van der Waals surface area contributed by atoms with E-state index in [2.05, 4.69) is 26.1 Å². The second-order valence-electron chi connectivity index (χ2n) is 8.06. The van der Waals surface area contributed by atoms with Crippen molar-refractivity contribution in [2.24, 2.45) is 5.92 Å². The first kappa shape index (κ1) is 18.2. The lowest BCUT2D eigenvalue weighted by Gasteiger charge is -2.19. The van der Waals surface area contributed by atoms with Crippen molar-refractivity contribution in [3.05, 3.63) is 59.7 Å². The van der Waals surface area contributed by atoms with E-state index in [1.165, 1.54) is 5.56 Å². The fraction of sp³-hybridized carbons (Fsp3) is 0.364. The second-order valence-corrected chi connectivity index (χ2v) is 8.06. The molecule has 3 rings (SSSR count). The molecule has 1 fully saturated rings. The first-order valence-electron chi connectivity index (χ1n) is 9.02. The SMILES string of the molecule is Cc1ccc(N2CC(C(=O)Nc3ccc(C(C)(C)C)cc3)CC2=O)cc1. The summed E-state index contributed by atoms with van der Waals surface area (Å²) in [4.78, 5) is 26.6. The molecule has 1 heterocycles. The molecule has 0 spiro atoms. The number of hydrogen-bond donors (Lipinski definition) is 1. The fourth-order valence-electron chi connectivity index (χ4n) is 3.16. The minimum atomic E-state index is -0.328. The maximum absolute atomic E-state index is 12.6. The van der Waals surface area contributed by atoms with Crippen molar-refractivity contribution in [3.8, 4) is 0 Å². The van der Waals surface area contributed by atoms with Crippen LogP contribution < -0.4 is 10.2 Å². The van der Waals surface area contributed by atoms with E-state index in [-0.39, 0.29) is 29.6 Å². The van der Waals surface area contributed by atoms with Gasteiger partial charge in [-0.15, -0.1) is 0 Å². The Morgan fingerprint density at radius 1 is 1.04 bits per heavy atom. The average molecular weight is 350 g/mol. The molecule has 1 aliphatic rings. The van der Waals surface area contributed by atoms with Gasteiger partial charge in [-0.25, -0.2) is 0 Å². The Morgan fingerprint density at radius 3 is 2.23 bits per heavy atom. The van der Waals surface area contributed by atoms with Crippen LogP contribution in [0.3, 0.4) is 0 Å². The highest BCUT2D eigenvalue weighted by atomic mass is 16.2. The summed E-state index contributed by atoms with van der Waals surface area (Å²) in [6.07, 6.45) is 0.250. The highest BCUT2D eigenvalue weighted by Crippen LogP contribution is 2.27. The van der Waals surface area contributed by atoms with Crippen LogP contribution in [0, 0.1) is 12.8 Å². The maximum Gasteiger partial charge on any atom is 0.229 e. The summed E-state index contributed by atoms with van der Waals surface area (Å²) in [5.74, 6) is -0.431. The summed E-state index contributed by atoms with van der Waals surface area (Å²) < 4.78 is 0. The van der Waals surface area contributed by atoms with Gasteiger partial charge in [-0.2, -0.15) is 0 Å². The third-order valence-corrected chi connectivity index (χ3v) is 4.86. The Kier molecular flexibility index (Phi) is 4.86. The van der Waals surface area contributed by atoms with Crippen LogP contribution in [0.25, 0.3) is 0 Å². The molecule has 1 unspecified atom stereocenters. The van der Waals surface area contributed by atoms with E-state index in [1.54, 1.807) is 4.90 Å². The molecule has 26 heavy (non-hydrogen) atoms. The normalized spacial score (nSPS) is 17.5. The molecule has 2 aromatic carbocycles. The molecule has 0 aromatic heterocycles. The van der Waals surface area contributed by atoms with Gasteiger partial charge >= 0.3 is 0 Å². The minimum absolute atomic E-state index is 0.00270. The monoisotopic (exact) mass is 350 g/mol. The van der Waals surface area contributed by atoms with Crippen molar-refractivity contribution >= 4 is 23.2 Å². The zero-order valence-corrected chi connectivity index (χ0v) is 15.9. The van der Waals surface area contributed by atoms with Crippen LogP contribution >= 0.6 is 0 Å². The number of nitrogens with one attached hydrogen (secondary N) is 1. The highest BCUT2D eigenvalue weighted by molar-refractivity contribution is 6.03. The van der Waals surface area contributed by atoms with Gasteiger partial charge in [0.05, 0.1) is 5.92 Å². The molecule has 4 nitrogen and oxygen atoms in total. The molecule has 0 saturated carbocycles. The van der Waals surface area contributed by atoms with Gasteiger partial charge in [0.15, 0.2) is 0 Å². The number of carbonyl (C=O) groups excluding carboxylic acids is 2. The van der Waals surface area contributed by atoms with Crippen LogP contribution in [0.2, 0.25) is 0 Å². The average Bonchev–Trinajstić information content (AvgIpc) is 2.97. The second kappa shape index (κ2) is 6.94. The van der Waals surface area contributed by atoms with Crippen molar-refractivity contribution in [1.29, 1.82) is 0 Å². The quantitative estimate of drug-likeness (QED) is 0.898. The van der Waals surface area contributed by atoms with Gasteiger partial charge in [0.2, 0.25) is 11.8 Å². The van der Waals surface area contributed by atoms with E-state index in [4.69, 9.17) is 0 Å². The Bertz CT molecular complexity index is 802. The summed E-state index contributed by atoms with van der Waals surface area (Å²) in [7, 11) is 0. The summed E-state index contributed by atoms with van der Waals surface area (Å²) in [6, 6.07) is 15.7. The zero-order valence-electron chi connectivity index (χ0n) is 15.9. The lowest BCUT2D eigenvalue weighted by Crippen LogP contribution is -2.28. The number of carbonyl (C=O) groups is 2. The van der Waals surface area contributed by atoms with E-state index in [9.17, 15) is 9.59 Å². The fourth-order valence-corrected chi connectivity index (χ4v) is 3.16. The summed E-state index contributed by atoms with van der Waals surface area (Å²) in [5, 5.41) is 2.95. The Morgan fingerprint density at radius 2 is 1.65 bits per heavy atom. The van der Waals surface area contributed by atoms with Crippen LogP contribution in [-0.2, 0) is 15.0 Å². The van der Waals surface area contributed by atoms with Crippen molar-refractivity contribution < 1.29 is 9.59 Å². The molecular weight excluding hydrogens is 324 g/mol. The zero-order chi connectivity index (χ0) is 18.9. The van der Waals surface area contributed by atoms with Crippen LogP contribution in [0.4, 0.5) is 11.4 Å². The number of nitrogens with zero attached hydrogens (tertiary/aromatic N) is 1. The van der Waals surface area contributed by atoms with Gasteiger partial charge in [0.25, 0.3) is 0 Å². The van der Waals surface area contributed by atoms with Crippen LogP contribution in [0.15, 0.2) is 48.5 Å². The third kappa shape index (κ3) is 3.96. The molecule has 0 bridgehead atoms. The molecule has 1 aliphatic heterocycles. The first-order chi connectivity index (χ1) is 12.2. The van der Waals surface area contributed by atoms with Crippen molar-refractivity contribution in [3.63, 3.8) is 0 Å².